The molecule has 0 bridgehead atoms. The Hall–Kier alpha value is -2.17. The largest absolute Gasteiger partial charge is 0.370 e. The predicted octanol–water partition coefficient (Wildman–Crippen LogP) is 3.66. The topological polar surface area (TPSA) is 49.8 Å². The van der Waals surface area contributed by atoms with Gasteiger partial charge in [-0.25, -0.2) is 14.4 Å². The summed E-state index contributed by atoms with van der Waals surface area (Å²) in [7, 11) is 0. The molecule has 2 rings (SSSR count). The first-order chi connectivity index (χ1) is 9.63. The van der Waals surface area contributed by atoms with Crippen molar-refractivity contribution in [1.29, 1.82) is 0 Å². The second kappa shape index (κ2) is 6.32. The fourth-order valence-corrected chi connectivity index (χ4v) is 2.12. The molecule has 2 N–H and O–H groups in total. The maximum Gasteiger partial charge on any atom is 0.139 e. The van der Waals surface area contributed by atoms with Gasteiger partial charge in [-0.3, -0.25) is 0 Å². The van der Waals surface area contributed by atoms with Gasteiger partial charge in [0.05, 0.1) is 0 Å². The average Bonchev–Trinajstić information content (AvgIpc) is 2.38. The maximum absolute atomic E-state index is 13.4. The van der Waals surface area contributed by atoms with Crippen molar-refractivity contribution in [3.63, 3.8) is 0 Å². The normalized spacial score (nSPS) is 10.4. The lowest BCUT2D eigenvalue weighted by Gasteiger charge is -2.14. The molecule has 0 unspecified atom stereocenters. The third kappa shape index (κ3) is 3.23. The number of rotatable bonds is 5. The van der Waals surface area contributed by atoms with Crippen LogP contribution in [0.2, 0.25) is 0 Å². The van der Waals surface area contributed by atoms with E-state index in [0.717, 1.165) is 29.9 Å². The molecule has 0 aliphatic heterocycles. The maximum atomic E-state index is 13.4. The van der Waals surface area contributed by atoms with Gasteiger partial charge in [0, 0.05) is 17.8 Å². The molecule has 0 aliphatic carbocycles. The Labute approximate surface area is 118 Å². The van der Waals surface area contributed by atoms with Gasteiger partial charge in [0.15, 0.2) is 0 Å². The summed E-state index contributed by atoms with van der Waals surface area (Å²) in [5.74, 6) is 1.27. The van der Waals surface area contributed by atoms with E-state index < -0.39 is 0 Å². The Balaban J connectivity index is 2.35. The van der Waals surface area contributed by atoms with E-state index in [1.54, 1.807) is 0 Å². The first-order valence-electron chi connectivity index (χ1n) is 6.76. The lowest BCUT2D eigenvalue weighted by atomic mass is 10.2. The summed E-state index contributed by atoms with van der Waals surface area (Å²) >= 11 is 0. The molecule has 0 radical (unpaired) electrons. The summed E-state index contributed by atoms with van der Waals surface area (Å²) < 4.78 is 13.4. The van der Waals surface area contributed by atoms with Crippen LogP contribution in [0.15, 0.2) is 24.5 Å². The van der Waals surface area contributed by atoms with Gasteiger partial charge in [-0.2, -0.15) is 0 Å². The van der Waals surface area contributed by atoms with Crippen molar-refractivity contribution in [2.45, 2.75) is 27.2 Å². The molecule has 4 nitrogen and oxygen atoms in total. The van der Waals surface area contributed by atoms with Gasteiger partial charge >= 0.3 is 0 Å². The number of aryl methyl sites for hydroxylation is 1. The number of halogens is 1. The Kier molecular flexibility index (Phi) is 4.50. The zero-order valence-corrected chi connectivity index (χ0v) is 12.0. The Morgan fingerprint density at radius 1 is 1.10 bits per heavy atom. The molecule has 0 atom stereocenters. The summed E-state index contributed by atoms with van der Waals surface area (Å²) in [6.07, 6.45) is 2.30. The summed E-state index contributed by atoms with van der Waals surface area (Å²) in [6, 6.07) is 4.84. The van der Waals surface area contributed by atoms with Crippen molar-refractivity contribution >= 4 is 17.3 Å². The third-order valence-corrected chi connectivity index (χ3v) is 2.95. The molecule has 106 valence electrons. The predicted molar refractivity (Wildman–Crippen MR) is 80.0 cm³/mol. The molecule has 20 heavy (non-hydrogen) atoms. The van der Waals surface area contributed by atoms with Crippen LogP contribution in [0.5, 0.6) is 0 Å². The van der Waals surface area contributed by atoms with Crippen molar-refractivity contribution in [2.75, 3.05) is 17.2 Å². The van der Waals surface area contributed by atoms with Crippen molar-refractivity contribution in [3.05, 3.63) is 41.5 Å². The summed E-state index contributed by atoms with van der Waals surface area (Å²) in [5.41, 5.74) is 2.56. The molecular formula is C15H19FN4. The van der Waals surface area contributed by atoms with Crippen LogP contribution in [-0.4, -0.2) is 16.5 Å². The van der Waals surface area contributed by atoms with Crippen LogP contribution in [-0.2, 0) is 6.42 Å². The van der Waals surface area contributed by atoms with Gasteiger partial charge in [-0.1, -0.05) is 6.92 Å². The monoisotopic (exact) mass is 274 g/mol. The number of hydrogen-bond donors (Lipinski definition) is 2. The highest BCUT2D eigenvalue weighted by atomic mass is 19.1. The molecular weight excluding hydrogens is 255 g/mol. The molecule has 1 heterocycles. The van der Waals surface area contributed by atoms with Crippen LogP contribution in [0.1, 0.15) is 25.0 Å². The molecule has 1 aromatic carbocycles. The first kappa shape index (κ1) is 14.2. The smallest absolute Gasteiger partial charge is 0.139 e. The molecule has 0 aliphatic rings. The Morgan fingerprint density at radius 3 is 2.50 bits per heavy atom. The van der Waals surface area contributed by atoms with E-state index in [4.69, 9.17) is 0 Å². The van der Waals surface area contributed by atoms with E-state index in [1.807, 2.05) is 26.8 Å². The van der Waals surface area contributed by atoms with Gasteiger partial charge < -0.3 is 10.6 Å². The summed E-state index contributed by atoms with van der Waals surface area (Å²) in [6.45, 7) is 6.72. The van der Waals surface area contributed by atoms with E-state index in [1.165, 1.54) is 18.5 Å². The molecule has 0 amide bonds. The van der Waals surface area contributed by atoms with E-state index >= 15 is 0 Å². The van der Waals surface area contributed by atoms with E-state index in [2.05, 4.69) is 20.6 Å². The number of nitrogens with zero attached hydrogens (tertiary/aromatic N) is 2. The van der Waals surface area contributed by atoms with E-state index in [9.17, 15) is 4.39 Å². The minimum absolute atomic E-state index is 0.258. The van der Waals surface area contributed by atoms with Crippen molar-refractivity contribution < 1.29 is 4.39 Å². The van der Waals surface area contributed by atoms with E-state index in [-0.39, 0.29) is 5.82 Å². The van der Waals surface area contributed by atoms with Crippen LogP contribution in [0, 0.1) is 12.7 Å². The standard InChI is InChI=1S/C15H19FN4/c1-4-13-14(17-5-2)18-9-19-15(13)20-12-7-10(3)6-11(16)8-12/h6-9H,4-5H2,1-3H3,(H2,17,18,19,20). The molecule has 1 aromatic heterocycles. The molecule has 0 fully saturated rings. The van der Waals surface area contributed by atoms with Crippen LogP contribution in [0.3, 0.4) is 0 Å². The SMILES string of the molecule is CCNc1ncnc(Nc2cc(C)cc(F)c2)c1CC. The van der Waals surface area contributed by atoms with Crippen LogP contribution >= 0.6 is 0 Å². The minimum Gasteiger partial charge on any atom is -0.370 e. The number of benzene rings is 1. The number of aromatic nitrogens is 2. The fraction of sp³-hybridized carbons (Fsp3) is 0.333. The summed E-state index contributed by atoms with van der Waals surface area (Å²) in [5, 5.41) is 6.38. The van der Waals surface area contributed by atoms with E-state index in [0.29, 0.717) is 11.5 Å². The second-order valence-corrected chi connectivity index (χ2v) is 4.58. The number of anilines is 3. The summed E-state index contributed by atoms with van der Waals surface area (Å²) in [4.78, 5) is 8.50. The lowest BCUT2D eigenvalue weighted by Crippen LogP contribution is -2.07. The van der Waals surface area contributed by atoms with Crippen LogP contribution in [0.25, 0.3) is 0 Å². The molecule has 0 spiro atoms. The molecule has 2 aromatic rings. The van der Waals surface area contributed by atoms with Crippen molar-refractivity contribution in [1.82, 2.24) is 9.97 Å². The van der Waals surface area contributed by atoms with Crippen LogP contribution < -0.4 is 10.6 Å². The lowest BCUT2D eigenvalue weighted by molar-refractivity contribution is 0.627. The highest BCUT2D eigenvalue weighted by Gasteiger charge is 2.10. The number of hydrogen-bond acceptors (Lipinski definition) is 4. The minimum atomic E-state index is -0.258. The second-order valence-electron chi connectivity index (χ2n) is 4.58. The van der Waals surface area contributed by atoms with Crippen molar-refractivity contribution in [3.8, 4) is 0 Å². The molecule has 0 saturated carbocycles. The van der Waals surface area contributed by atoms with Crippen LogP contribution in [0.4, 0.5) is 21.7 Å². The third-order valence-electron chi connectivity index (χ3n) is 2.95. The van der Waals surface area contributed by atoms with Crippen molar-refractivity contribution in [2.24, 2.45) is 0 Å². The van der Waals surface area contributed by atoms with Gasteiger partial charge in [-0.05, 0) is 44.0 Å². The zero-order valence-electron chi connectivity index (χ0n) is 12.0. The van der Waals surface area contributed by atoms with Gasteiger partial charge in [0.25, 0.3) is 0 Å². The average molecular weight is 274 g/mol. The Morgan fingerprint density at radius 2 is 1.85 bits per heavy atom. The molecule has 0 saturated heterocycles. The Bertz CT molecular complexity index is 578. The zero-order chi connectivity index (χ0) is 14.5. The van der Waals surface area contributed by atoms with Gasteiger partial charge in [-0.15, -0.1) is 0 Å². The van der Waals surface area contributed by atoms with Gasteiger partial charge in [0.1, 0.15) is 23.8 Å². The quantitative estimate of drug-likeness (QED) is 0.873. The first-order valence-corrected chi connectivity index (χ1v) is 6.76. The highest BCUT2D eigenvalue weighted by Crippen LogP contribution is 2.24. The fourth-order valence-electron chi connectivity index (χ4n) is 2.12. The van der Waals surface area contributed by atoms with Gasteiger partial charge in [0.2, 0.25) is 0 Å². The number of nitrogens with one attached hydrogen (secondary N) is 2. The molecule has 5 heteroatoms. The highest BCUT2D eigenvalue weighted by molar-refractivity contribution is 5.65.